The van der Waals surface area contributed by atoms with E-state index < -0.39 is 29.7 Å². The molecule has 1 atom stereocenters. The minimum Gasteiger partial charge on any atom is -0.327 e. The maximum atomic E-state index is 12.8. The number of urea groups is 1. The average Bonchev–Trinajstić information content (AvgIpc) is 3.01. The van der Waals surface area contributed by atoms with E-state index in [0.29, 0.717) is 11.5 Å². The molecule has 6 amide bonds. The zero-order valence-electron chi connectivity index (χ0n) is 17.8. The van der Waals surface area contributed by atoms with Crippen molar-refractivity contribution in [1.82, 2.24) is 20.4 Å². The van der Waals surface area contributed by atoms with E-state index >= 15 is 0 Å². The number of hydrogen-bond donors (Lipinski definition) is 2. The summed E-state index contributed by atoms with van der Waals surface area (Å²) in [6, 6.07) is 3.52. The number of rotatable bonds is 2. The number of nitrogens with zero attached hydrogens (tertiary/aromatic N) is 2. The van der Waals surface area contributed by atoms with Crippen molar-refractivity contribution in [3.05, 3.63) is 34.9 Å². The summed E-state index contributed by atoms with van der Waals surface area (Å²) in [5.41, 5.74) is 0.909. The number of nitrogens with one attached hydrogen (secondary N) is 2. The molecule has 0 aromatic heterocycles. The van der Waals surface area contributed by atoms with Crippen LogP contribution in [0.3, 0.4) is 0 Å². The Morgan fingerprint density at radius 3 is 2.53 bits per heavy atom. The van der Waals surface area contributed by atoms with E-state index in [1.165, 1.54) is 12.1 Å². The van der Waals surface area contributed by atoms with Gasteiger partial charge in [0.25, 0.3) is 11.8 Å². The highest BCUT2D eigenvalue weighted by atomic mass is 16.2. The molecule has 3 aliphatic rings. The maximum absolute atomic E-state index is 12.8. The molecule has 0 spiro atoms. The zero-order valence-corrected chi connectivity index (χ0v) is 17.8. The van der Waals surface area contributed by atoms with Gasteiger partial charge < -0.3 is 10.2 Å². The van der Waals surface area contributed by atoms with Gasteiger partial charge in [0.1, 0.15) is 6.04 Å². The van der Waals surface area contributed by atoms with Gasteiger partial charge in [0.15, 0.2) is 0 Å². The van der Waals surface area contributed by atoms with Crippen LogP contribution in [0.4, 0.5) is 4.79 Å². The van der Waals surface area contributed by atoms with E-state index in [0.717, 1.165) is 30.8 Å². The van der Waals surface area contributed by atoms with Crippen molar-refractivity contribution in [2.75, 3.05) is 19.6 Å². The number of imide groups is 2. The van der Waals surface area contributed by atoms with E-state index in [9.17, 15) is 24.0 Å². The SMILES string of the molecule is CC1CCN(C(=O)NCC#Cc2ccc3c(c2)C(=O)N(C2CCC(=O)NC2=O)C3=O)CC1. The third-order valence-electron chi connectivity index (χ3n) is 6.07. The number of fused-ring (bicyclic) bond motifs is 1. The Bertz CT molecular complexity index is 1060. The highest BCUT2D eigenvalue weighted by molar-refractivity contribution is 6.23. The van der Waals surface area contributed by atoms with Gasteiger partial charge in [0.2, 0.25) is 11.8 Å². The molecule has 1 unspecified atom stereocenters. The third-order valence-corrected chi connectivity index (χ3v) is 6.07. The highest BCUT2D eigenvalue weighted by Gasteiger charge is 2.44. The van der Waals surface area contributed by atoms with Gasteiger partial charge in [-0.15, -0.1) is 0 Å². The second-order valence-corrected chi connectivity index (χ2v) is 8.34. The van der Waals surface area contributed by atoms with Crippen molar-refractivity contribution in [1.29, 1.82) is 0 Å². The lowest BCUT2D eigenvalue weighted by atomic mass is 10.00. The molecule has 0 aliphatic carbocycles. The average molecular weight is 436 g/mol. The van der Waals surface area contributed by atoms with Gasteiger partial charge in [-0.2, -0.15) is 0 Å². The van der Waals surface area contributed by atoms with Crippen LogP contribution in [-0.4, -0.2) is 65.1 Å². The fraction of sp³-hybridized carbons (Fsp3) is 0.435. The van der Waals surface area contributed by atoms with Gasteiger partial charge in [-0.1, -0.05) is 18.8 Å². The molecule has 2 N–H and O–H groups in total. The van der Waals surface area contributed by atoms with Gasteiger partial charge in [-0.05, 0) is 43.4 Å². The molecule has 9 heteroatoms. The minimum absolute atomic E-state index is 0.0721. The number of likely N-dealkylation sites (tertiary alicyclic amines) is 1. The normalized spacial score (nSPS) is 21.1. The van der Waals surface area contributed by atoms with E-state index in [2.05, 4.69) is 29.4 Å². The van der Waals surface area contributed by atoms with Crippen LogP contribution in [0.25, 0.3) is 0 Å². The predicted molar refractivity (Wildman–Crippen MR) is 113 cm³/mol. The van der Waals surface area contributed by atoms with Crippen molar-refractivity contribution in [2.24, 2.45) is 5.92 Å². The van der Waals surface area contributed by atoms with Crippen LogP contribution in [0.5, 0.6) is 0 Å². The van der Waals surface area contributed by atoms with Gasteiger partial charge >= 0.3 is 6.03 Å². The summed E-state index contributed by atoms with van der Waals surface area (Å²) < 4.78 is 0. The molecule has 4 rings (SSSR count). The summed E-state index contributed by atoms with van der Waals surface area (Å²) in [4.78, 5) is 63.9. The monoisotopic (exact) mass is 436 g/mol. The predicted octanol–water partition coefficient (Wildman–Crippen LogP) is 0.881. The molecule has 166 valence electrons. The fourth-order valence-electron chi connectivity index (χ4n) is 4.14. The summed E-state index contributed by atoms with van der Waals surface area (Å²) in [7, 11) is 0. The van der Waals surface area contributed by atoms with Crippen molar-refractivity contribution in [2.45, 2.75) is 38.6 Å². The fourth-order valence-corrected chi connectivity index (χ4v) is 4.14. The van der Waals surface area contributed by atoms with Crippen molar-refractivity contribution in [3.8, 4) is 11.8 Å². The van der Waals surface area contributed by atoms with Crippen LogP contribution >= 0.6 is 0 Å². The summed E-state index contributed by atoms with van der Waals surface area (Å²) in [5.74, 6) is 4.21. The summed E-state index contributed by atoms with van der Waals surface area (Å²) in [6.45, 7) is 3.83. The lowest BCUT2D eigenvalue weighted by Crippen LogP contribution is -2.54. The highest BCUT2D eigenvalue weighted by Crippen LogP contribution is 2.28. The summed E-state index contributed by atoms with van der Waals surface area (Å²) >= 11 is 0. The van der Waals surface area contributed by atoms with Gasteiger partial charge in [0.05, 0.1) is 17.7 Å². The van der Waals surface area contributed by atoms with Crippen LogP contribution in [0.2, 0.25) is 0 Å². The molecular weight excluding hydrogens is 412 g/mol. The Labute approximate surface area is 185 Å². The number of amides is 6. The number of carbonyl (C=O) groups excluding carboxylic acids is 5. The molecule has 0 saturated carbocycles. The second kappa shape index (κ2) is 8.83. The van der Waals surface area contributed by atoms with E-state index in [4.69, 9.17) is 0 Å². The van der Waals surface area contributed by atoms with Crippen molar-refractivity contribution >= 4 is 29.7 Å². The molecular formula is C23H24N4O5. The van der Waals surface area contributed by atoms with Gasteiger partial charge in [-0.3, -0.25) is 29.4 Å². The Kier molecular flexibility index (Phi) is 5.95. The Morgan fingerprint density at radius 2 is 1.81 bits per heavy atom. The van der Waals surface area contributed by atoms with Crippen molar-refractivity contribution in [3.63, 3.8) is 0 Å². The van der Waals surface area contributed by atoms with Crippen LogP contribution < -0.4 is 10.6 Å². The zero-order chi connectivity index (χ0) is 22.8. The van der Waals surface area contributed by atoms with Crippen LogP contribution in [-0.2, 0) is 9.59 Å². The molecule has 2 saturated heterocycles. The van der Waals surface area contributed by atoms with Crippen LogP contribution in [0.15, 0.2) is 18.2 Å². The lowest BCUT2D eigenvalue weighted by molar-refractivity contribution is -0.136. The largest absolute Gasteiger partial charge is 0.327 e. The van der Waals surface area contributed by atoms with Crippen LogP contribution in [0, 0.1) is 17.8 Å². The van der Waals surface area contributed by atoms with E-state index in [1.54, 1.807) is 11.0 Å². The molecule has 0 radical (unpaired) electrons. The number of benzene rings is 1. The molecule has 1 aromatic rings. The molecule has 2 fully saturated rings. The summed E-state index contributed by atoms with van der Waals surface area (Å²) in [5, 5.41) is 4.95. The first-order valence-corrected chi connectivity index (χ1v) is 10.7. The molecule has 3 heterocycles. The third kappa shape index (κ3) is 4.21. The molecule has 9 nitrogen and oxygen atoms in total. The summed E-state index contributed by atoms with van der Waals surface area (Å²) in [6.07, 6.45) is 2.18. The Hall–Kier alpha value is -3.67. The number of carbonyl (C=O) groups is 5. The topological polar surface area (TPSA) is 116 Å². The molecule has 0 bridgehead atoms. The van der Waals surface area contributed by atoms with E-state index in [-0.39, 0.29) is 36.5 Å². The Balaban J connectivity index is 1.39. The first-order valence-electron chi connectivity index (χ1n) is 10.7. The lowest BCUT2D eigenvalue weighted by Gasteiger charge is -2.30. The maximum Gasteiger partial charge on any atom is 0.318 e. The Morgan fingerprint density at radius 1 is 1.09 bits per heavy atom. The standard InChI is InChI=1S/C23H24N4O5/c1-14-8-11-26(12-9-14)23(32)24-10-2-3-15-4-5-16-17(13-15)22(31)27(21(16)30)18-6-7-19(28)25-20(18)29/h4-5,13-14,18H,6-12H2,1H3,(H,24,32)(H,25,28,29). The molecule has 32 heavy (non-hydrogen) atoms. The quantitative estimate of drug-likeness (QED) is 0.528. The van der Waals surface area contributed by atoms with Gasteiger partial charge in [0, 0.05) is 25.1 Å². The van der Waals surface area contributed by atoms with Crippen molar-refractivity contribution < 1.29 is 24.0 Å². The smallest absolute Gasteiger partial charge is 0.318 e. The first kappa shape index (κ1) is 21.6. The molecule has 3 aliphatic heterocycles. The number of hydrogen-bond acceptors (Lipinski definition) is 5. The number of piperidine rings is 2. The first-order chi connectivity index (χ1) is 15.3. The minimum atomic E-state index is -0.998. The second-order valence-electron chi connectivity index (χ2n) is 8.34. The van der Waals surface area contributed by atoms with Crippen LogP contribution in [0.1, 0.15) is 58.9 Å². The van der Waals surface area contributed by atoms with E-state index in [1.807, 2.05) is 0 Å². The van der Waals surface area contributed by atoms with Gasteiger partial charge in [-0.25, -0.2) is 4.79 Å². The molecule has 1 aromatic carbocycles.